The number of hydrogen-bond donors (Lipinski definition) is 1. The van der Waals surface area contributed by atoms with Crippen molar-refractivity contribution in [3.8, 4) is 0 Å². The van der Waals surface area contributed by atoms with E-state index < -0.39 is 10.9 Å². The Morgan fingerprint density at radius 3 is 2.33 bits per heavy atom. The van der Waals surface area contributed by atoms with Crippen molar-refractivity contribution in [3.63, 3.8) is 0 Å². The number of nitro benzene ring substituents is 1. The van der Waals surface area contributed by atoms with Crippen LogP contribution in [-0.4, -0.2) is 27.1 Å². The number of nitro groups is 1. The van der Waals surface area contributed by atoms with Crippen LogP contribution in [0.1, 0.15) is 22.8 Å². The molecule has 3 aromatic rings. The molecule has 4 rings (SSSR count). The van der Waals surface area contributed by atoms with Crippen LogP contribution >= 0.6 is 11.8 Å². The molecule has 0 aliphatic carbocycles. The first kappa shape index (κ1) is 22.0. The van der Waals surface area contributed by atoms with Crippen LogP contribution in [-0.2, 0) is 4.79 Å². The van der Waals surface area contributed by atoms with E-state index in [1.807, 2.05) is 6.07 Å². The van der Waals surface area contributed by atoms with Crippen LogP contribution in [0.25, 0.3) is 5.57 Å². The Labute approximate surface area is 193 Å². The highest BCUT2D eigenvalue weighted by Gasteiger charge is 2.36. The van der Waals surface area contributed by atoms with E-state index in [0.29, 0.717) is 32.6 Å². The van der Waals surface area contributed by atoms with E-state index in [0.717, 1.165) is 0 Å². The molecule has 3 aromatic carbocycles. The predicted molar refractivity (Wildman–Crippen MR) is 128 cm³/mol. The maximum Gasteiger partial charge on any atom is 0.335 e. The second-order valence-corrected chi connectivity index (χ2v) is 8.06. The van der Waals surface area contributed by atoms with E-state index >= 15 is 0 Å². The van der Waals surface area contributed by atoms with Crippen LogP contribution in [0, 0.1) is 10.1 Å². The Balaban J connectivity index is 1.80. The van der Waals surface area contributed by atoms with Gasteiger partial charge in [-0.2, -0.15) is 0 Å². The maximum atomic E-state index is 13.4. The van der Waals surface area contributed by atoms with Crippen molar-refractivity contribution in [1.82, 2.24) is 0 Å². The fourth-order valence-electron chi connectivity index (χ4n) is 3.27. The summed E-state index contributed by atoms with van der Waals surface area (Å²) in [4.78, 5) is 41.7. The quantitative estimate of drug-likeness (QED) is 0.307. The summed E-state index contributed by atoms with van der Waals surface area (Å²) in [6, 6.07) is 21.2. The topological polar surface area (TPSA) is 113 Å². The van der Waals surface area contributed by atoms with Crippen molar-refractivity contribution in [2.45, 2.75) is 6.92 Å². The molecule has 1 heterocycles. The smallest absolute Gasteiger partial charge is 0.335 e. The average molecular weight is 459 g/mol. The number of carbonyl (C=O) groups is 2. The largest absolute Gasteiger partial charge is 0.478 e. The number of aliphatic imine (C=N–C) groups is 1. The fraction of sp³-hybridized carbons (Fsp3) is 0.0417. The van der Waals surface area contributed by atoms with E-state index in [2.05, 4.69) is 4.99 Å². The predicted octanol–water partition coefficient (Wildman–Crippen LogP) is 5.49. The summed E-state index contributed by atoms with van der Waals surface area (Å²) in [5, 5.41) is 20.6. The summed E-state index contributed by atoms with van der Waals surface area (Å²) in [7, 11) is 0. The maximum absolute atomic E-state index is 13.4. The van der Waals surface area contributed by atoms with Crippen LogP contribution in [0.5, 0.6) is 0 Å². The Bertz CT molecular complexity index is 1320. The van der Waals surface area contributed by atoms with Crippen LogP contribution in [0.4, 0.5) is 17.1 Å². The SMILES string of the molecule is C/C(=C1/SC(=Nc2cccc(C(=O)O)c2)N(c2ccccc2)C1=O)c1ccc([N+](=O)[O-])cc1. The molecule has 33 heavy (non-hydrogen) atoms. The second-order valence-electron chi connectivity index (χ2n) is 7.09. The van der Waals surface area contributed by atoms with Crippen molar-refractivity contribution >= 4 is 51.4 Å². The highest BCUT2D eigenvalue weighted by atomic mass is 32.2. The van der Waals surface area contributed by atoms with E-state index in [-0.39, 0.29) is 17.2 Å². The standard InChI is InChI=1S/C24H17N3O5S/c1-15(16-10-12-20(13-11-16)27(31)32)21-22(28)26(19-8-3-2-4-9-19)24(33-21)25-18-7-5-6-17(14-18)23(29)30/h2-14H,1H3,(H,29,30)/b21-15-,25-24?. The molecular weight excluding hydrogens is 442 g/mol. The lowest BCUT2D eigenvalue weighted by Crippen LogP contribution is -2.28. The highest BCUT2D eigenvalue weighted by Crippen LogP contribution is 2.40. The van der Waals surface area contributed by atoms with Crippen LogP contribution in [0.3, 0.4) is 0 Å². The van der Waals surface area contributed by atoms with Gasteiger partial charge in [0.1, 0.15) is 0 Å². The number of benzene rings is 3. The third-order valence-electron chi connectivity index (χ3n) is 4.97. The molecular formula is C24H17N3O5S. The molecule has 1 fully saturated rings. The van der Waals surface area contributed by atoms with Gasteiger partial charge in [-0.05, 0) is 72.3 Å². The van der Waals surface area contributed by atoms with Crippen LogP contribution in [0.2, 0.25) is 0 Å². The number of aromatic carboxylic acids is 1. The van der Waals surface area contributed by atoms with E-state index in [4.69, 9.17) is 0 Å². The second kappa shape index (κ2) is 9.09. The zero-order valence-corrected chi connectivity index (χ0v) is 18.2. The number of carboxylic acids is 1. The lowest BCUT2D eigenvalue weighted by Gasteiger charge is -2.15. The molecule has 0 spiro atoms. The van der Waals surface area contributed by atoms with Crippen molar-refractivity contribution in [1.29, 1.82) is 0 Å². The van der Waals surface area contributed by atoms with Gasteiger partial charge in [-0.1, -0.05) is 24.3 Å². The molecule has 164 valence electrons. The number of non-ortho nitro benzene ring substituents is 1. The number of allylic oxidation sites excluding steroid dienone is 1. The van der Waals surface area contributed by atoms with E-state index in [1.54, 1.807) is 55.5 Å². The van der Waals surface area contributed by atoms with Gasteiger partial charge in [0.2, 0.25) is 0 Å². The number of thioether (sulfide) groups is 1. The van der Waals surface area contributed by atoms with E-state index in [9.17, 15) is 24.8 Å². The number of amidine groups is 1. The third-order valence-corrected chi connectivity index (χ3v) is 6.11. The summed E-state index contributed by atoms with van der Waals surface area (Å²) >= 11 is 1.17. The van der Waals surface area contributed by atoms with Gasteiger partial charge in [0.25, 0.3) is 11.6 Å². The summed E-state index contributed by atoms with van der Waals surface area (Å²) in [5.41, 5.74) is 2.42. The Morgan fingerprint density at radius 1 is 1.00 bits per heavy atom. The van der Waals surface area contributed by atoms with Gasteiger partial charge in [0, 0.05) is 12.1 Å². The van der Waals surface area contributed by atoms with Gasteiger partial charge in [-0.3, -0.25) is 19.8 Å². The number of hydrogen-bond acceptors (Lipinski definition) is 6. The summed E-state index contributed by atoms with van der Waals surface area (Å²) < 4.78 is 0. The molecule has 1 amide bonds. The Morgan fingerprint density at radius 2 is 1.70 bits per heavy atom. The van der Waals surface area contributed by atoms with Gasteiger partial charge in [-0.15, -0.1) is 0 Å². The number of nitrogens with zero attached hydrogens (tertiary/aromatic N) is 3. The molecule has 0 radical (unpaired) electrons. The fourth-order valence-corrected chi connectivity index (χ4v) is 4.33. The lowest BCUT2D eigenvalue weighted by molar-refractivity contribution is -0.384. The van der Waals surface area contributed by atoms with Crippen LogP contribution < -0.4 is 4.90 Å². The minimum Gasteiger partial charge on any atom is -0.478 e. The molecule has 1 aliphatic rings. The zero-order chi connectivity index (χ0) is 23.5. The molecule has 1 N–H and O–H groups in total. The highest BCUT2D eigenvalue weighted by molar-refractivity contribution is 8.19. The Hall–Kier alpha value is -4.24. The van der Waals surface area contributed by atoms with Crippen LogP contribution in [0.15, 0.2) is 88.8 Å². The Kier molecular flexibility index (Phi) is 6.05. The molecule has 8 nitrogen and oxygen atoms in total. The molecule has 9 heteroatoms. The first-order valence-electron chi connectivity index (χ1n) is 9.80. The molecule has 0 atom stereocenters. The minimum atomic E-state index is -1.07. The number of anilines is 1. The number of carbonyl (C=O) groups excluding carboxylic acids is 1. The average Bonchev–Trinajstić information content (AvgIpc) is 3.14. The summed E-state index contributed by atoms with van der Waals surface area (Å²) in [5.74, 6) is -1.35. The van der Waals surface area contributed by atoms with Crippen molar-refractivity contribution in [2.75, 3.05) is 4.90 Å². The van der Waals surface area contributed by atoms with Gasteiger partial charge in [0.15, 0.2) is 5.17 Å². The minimum absolute atomic E-state index is 0.0339. The first-order chi connectivity index (χ1) is 15.8. The number of rotatable bonds is 5. The summed E-state index contributed by atoms with van der Waals surface area (Å²) in [6.07, 6.45) is 0. The molecule has 0 aromatic heterocycles. The van der Waals surface area contributed by atoms with Gasteiger partial charge in [-0.25, -0.2) is 9.79 Å². The first-order valence-corrected chi connectivity index (χ1v) is 10.6. The molecule has 0 saturated carbocycles. The number of amides is 1. The zero-order valence-electron chi connectivity index (χ0n) is 17.3. The van der Waals surface area contributed by atoms with Crippen molar-refractivity contribution < 1.29 is 19.6 Å². The number of carboxylic acid groups (broad SMARTS) is 1. The van der Waals surface area contributed by atoms with Gasteiger partial charge < -0.3 is 5.11 Å². The van der Waals surface area contributed by atoms with E-state index in [1.165, 1.54) is 40.9 Å². The normalized spacial score (nSPS) is 16.2. The summed E-state index contributed by atoms with van der Waals surface area (Å²) in [6.45, 7) is 1.78. The molecule has 0 bridgehead atoms. The van der Waals surface area contributed by atoms with Gasteiger partial charge >= 0.3 is 5.97 Å². The lowest BCUT2D eigenvalue weighted by atomic mass is 10.1. The molecule has 1 saturated heterocycles. The third kappa shape index (κ3) is 4.53. The van der Waals surface area contributed by atoms with Crippen molar-refractivity contribution in [2.24, 2.45) is 4.99 Å². The monoisotopic (exact) mass is 459 g/mol. The van der Waals surface area contributed by atoms with Crippen molar-refractivity contribution in [3.05, 3.63) is 105 Å². The molecule has 1 aliphatic heterocycles. The number of para-hydroxylation sites is 1. The van der Waals surface area contributed by atoms with Gasteiger partial charge in [0.05, 0.1) is 26.8 Å². The molecule has 0 unspecified atom stereocenters.